The van der Waals surface area contributed by atoms with Crippen LogP contribution in [-0.2, 0) is 0 Å². The molecule has 0 saturated carbocycles. The Morgan fingerprint density at radius 3 is 2.56 bits per heavy atom. The highest BCUT2D eigenvalue weighted by Gasteiger charge is 2.30. The Hall–Kier alpha value is -3.02. The van der Waals surface area contributed by atoms with E-state index in [0.717, 1.165) is 29.4 Å². The Morgan fingerprint density at radius 1 is 1.00 bits per heavy atom. The van der Waals surface area contributed by atoms with Crippen LogP contribution in [0.25, 0.3) is 0 Å². The predicted octanol–water partition coefficient (Wildman–Crippen LogP) is 3.44. The van der Waals surface area contributed by atoms with E-state index in [1.807, 2.05) is 22.9 Å². The predicted molar refractivity (Wildman–Crippen MR) is 95.1 cm³/mol. The van der Waals surface area contributed by atoms with Gasteiger partial charge in [0.2, 0.25) is 5.95 Å². The van der Waals surface area contributed by atoms with E-state index in [9.17, 15) is 0 Å². The summed E-state index contributed by atoms with van der Waals surface area (Å²) in [5, 5.41) is 7.89. The summed E-state index contributed by atoms with van der Waals surface area (Å²) in [5.74, 6) is 2.22. The molecule has 128 valence electrons. The fraction of sp³-hybridized carbons (Fsp3) is 0.263. The fourth-order valence-corrected chi connectivity index (χ4v) is 3.36. The molecule has 3 aromatic rings. The Balaban J connectivity index is 1.73. The fourth-order valence-electron chi connectivity index (χ4n) is 3.36. The summed E-state index contributed by atoms with van der Waals surface area (Å²) >= 11 is 0. The molecule has 2 aromatic carbocycles. The molecule has 1 N–H and O–H groups in total. The van der Waals surface area contributed by atoms with Gasteiger partial charge < -0.3 is 14.8 Å². The summed E-state index contributed by atoms with van der Waals surface area (Å²) in [6.07, 6.45) is 2.46. The highest BCUT2D eigenvalue weighted by atomic mass is 16.5. The molecule has 1 aliphatic rings. The van der Waals surface area contributed by atoms with E-state index in [2.05, 4.69) is 45.7 Å². The lowest BCUT2D eigenvalue weighted by Gasteiger charge is -2.32. The minimum Gasteiger partial charge on any atom is -0.493 e. The number of anilines is 1. The molecule has 1 aromatic heterocycles. The highest BCUT2D eigenvalue weighted by Crippen LogP contribution is 2.39. The zero-order valence-corrected chi connectivity index (χ0v) is 14.2. The van der Waals surface area contributed by atoms with Gasteiger partial charge in [0.05, 0.1) is 26.3 Å². The minimum absolute atomic E-state index is 0.0729. The molecule has 4 rings (SSSR count). The number of nitrogens with one attached hydrogen (secondary N) is 1. The van der Waals surface area contributed by atoms with Gasteiger partial charge in [0, 0.05) is 0 Å². The SMILES string of the molecule is COc1ccc(C2CC(c3ccccc3)Nc3ncnn32)cc1OC. The summed E-state index contributed by atoms with van der Waals surface area (Å²) in [7, 11) is 3.29. The summed E-state index contributed by atoms with van der Waals surface area (Å²) in [6, 6.07) is 16.7. The lowest BCUT2D eigenvalue weighted by molar-refractivity contribution is 0.352. The maximum atomic E-state index is 5.46. The second-order valence-corrected chi connectivity index (χ2v) is 6.00. The van der Waals surface area contributed by atoms with Gasteiger partial charge in [-0.3, -0.25) is 0 Å². The van der Waals surface area contributed by atoms with E-state index in [4.69, 9.17) is 9.47 Å². The number of hydrogen-bond donors (Lipinski definition) is 1. The number of nitrogens with zero attached hydrogens (tertiary/aromatic N) is 3. The van der Waals surface area contributed by atoms with Gasteiger partial charge in [-0.05, 0) is 29.7 Å². The van der Waals surface area contributed by atoms with Crippen LogP contribution >= 0.6 is 0 Å². The first kappa shape index (κ1) is 15.5. The van der Waals surface area contributed by atoms with E-state index in [0.29, 0.717) is 0 Å². The molecule has 0 amide bonds. The molecule has 2 unspecified atom stereocenters. The molecule has 0 bridgehead atoms. The van der Waals surface area contributed by atoms with Gasteiger partial charge in [0.1, 0.15) is 6.33 Å². The lowest BCUT2D eigenvalue weighted by Crippen LogP contribution is -2.28. The molecule has 2 atom stereocenters. The molecular weight excluding hydrogens is 316 g/mol. The zero-order chi connectivity index (χ0) is 17.2. The number of rotatable bonds is 4. The van der Waals surface area contributed by atoms with Gasteiger partial charge in [0.25, 0.3) is 0 Å². The summed E-state index contributed by atoms with van der Waals surface area (Å²) < 4.78 is 12.7. The third kappa shape index (κ3) is 2.80. The van der Waals surface area contributed by atoms with Crippen LogP contribution in [0.4, 0.5) is 5.95 Å². The van der Waals surface area contributed by atoms with Crippen LogP contribution in [0.1, 0.15) is 29.6 Å². The van der Waals surface area contributed by atoms with Crippen LogP contribution in [0.5, 0.6) is 11.5 Å². The number of ether oxygens (including phenoxy) is 2. The van der Waals surface area contributed by atoms with Crippen molar-refractivity contribution in [3.8, 4) is 11.5 Å². The van der Waals surface area contributed by atoms with Crippen molar-refractivity contribution >= 4 is 5.95 Å². The Bertz CT molecular complexity index is 863. The smallest absolute Gasteiger partial charge is 0.222 e. The largest absolute Gasteiger partial charge is 0.493 e. The maximum Gasteiger partial charge on any atom is 0.222 e. The molecule has 1 aliphatic heterocycles. The summed E-state index contributed by atoms with van der Waals surface area (Å²) in [4.78, 5) is 4.37. The summed E-state index contributed by atoms with van der Waals surface area (Å²) in [6.45, 7) is 0. The monoisotopic (exact) mass is 336 g/mol. The van der Waals surface area contributed by atoms with Crippen LogP contribution in [0.3, 0.4) is 0 Å². The maximum absolute atomic E-state index is 5.46. The van der Waals surface area contributed by atoms with Gasteiger partial charge in [-0.1, -0.05) is 36.4 Å². The van der Waals surface area contributed by atoms with Crippen molar-refractivity contribution in [3.63, 3.8) is 0 Å². The molecule has 6 nitrogen and oxygen atoms in total. The van der Waals surface area contributed by atoms with Crippen LogP contribution in [0.15, 0.2) is 54.9 Å². The van der Waals surface area contributed by atoms with Crippen LogP contribution < -0.4 is 14.8 Å². The number of hydrogen-bond acceptors (Lipinski definition) is 5. The normalized spacial score (nSPS) is 19.0. The van der Waals surface area contributed by atoms with Gasteiger partial charge in [0.15, 0.2) is 11.5 Å². The third-order valence-corrected chi connectivity index (χ3v) is 4.62. The molecule has 0 spiro atoms. The molecule has 0 aliphatic carbocycles. The van der Waals surface area contributed by atoms with Crippen LogP contribution in [0, 0.1) is 0 Å². The van der Waals surface area contributed by atoms with Crippen LogP contribution in [-0.4, -0.2) is 29.0 Å². The minimum atomic E-state index is 0.0729. The first-order chi connectivity index (χ1) is 12.3. The van der Waals surface area contributed by atoms with E-state index < -0.39 is 0 Å². The molecule has 0 saturated heterocycles. The molecule has 6 heteroatoms. The summed E-state index contributed by atoms with van der Waals surface area (Å²) in [5.41, 5.74) is 2.36. The standard InChI is InChI=1S/C19H20N4O2/c1-24-17-9-8-14(10-18(17)25-2)16-11-15(13-6-4-3-5-7-13)22-19-20-12-21-23(16)19/h3-10,12,15-16H,11H2,1-2H3,(H,20,21,22). The van der Waals surface area contributed by atoms with Crippen molar-refractivity contribution in [2.24, 2.45) is 0 Å². The van der Waals surface area contributed by atoms with Gasteiger partial charge >= 0.3 is 0 Å². The van der Waals surface area contributed by atoms with Crippen molar-refractivity contribution in [2.45, 2.75) is 18.5 Å². The Labute approximate surface area is 146 Å². The molecule has 25 heavy (non-hydrogen) atoms. The topological polar surface area (TPSA) is 61.2 Å². The van der Waals surface area contributed by atoms with Gasteiger partial charge in [-0.25, -0.2) is 4.68 Å². The quantitative estimate of drug-likeness (QED) is 0.791. The zero-order valence-electron chi connectivity index (χ0n) is 14.2. The van der Waals surface area contributed by atoms with E-state index >= 15 is 0 Å². The van der Waals surface area contributed by atoms with E-state index in [1.54, 1.807) is 20.5 Å². The van der Waals surface area contributed by atoms with E-state index in [-0.39, 0.29) is 12.1 Å². The van der Waals surface area contributed by atoms with E-state index in [1.165, 1.54) is 5.56 Å². The molecule has 0 radical (unpaired) electrons. The van der Waals surface area contributed by atoms with Crippen molar-refractivity contribution in [1.82, 2.24) is 14.8 Å². The van der Waals surface area contributed by atoms with Gasteiger partial charge in [-0.2, -0.15) is 10.1 Å². The average molecular weight is 336 g/mol. The third-order valence-electron chi connectivity index (χ3n) is 4.62. The van der Waals surface area contributed by atoms with Crippen molar-refractivity contribution in [1.29, 1.82) is 0 Å². The number of methoxy groups -OCH3 is 2. The van der Waals surface area contributed by atoms with Crippen molar-refractivity contribution in [3.05, 3.63) is 66.0 Å². The Morgan fingerprint density at radius 2 is 1.80 bits per heavy atom. The second kappa shape index (κ2) is 6.47. The lowest BCUT2D eigenvalue weighted by atomic mass is 9.93. The number of aromatic nitrogens is 3. The van der Waals surface area contributed by atoms with Crippen molar-refractivity contribution < 1.29 is 9.47 Å². The average Bonchev–Trinajstić information content (AvgIpc) is 3.16. The van der Waals surface area contributed by atoms with Gasteiger partial charge in [-0.15, -0.1) is 0 Å². The first-order valence-electron chi connectivity index (χ1n) is 8.23. The Kier molecular flexibility index (Phi) is 4.01. The second-order valence-electron chi connectivity index (χ2n) is 6.00. The first-order valence-corrected chi connectivity index (χ1v) is 8.23. The highest BCUT2D eigenvalue weighted by molar-refractivity contribution is 5.46. The van der Waals surface area contributed by atoms with Crippen LogP contribution in [0.2, 0.25) is 0 Å². The molecule has 2 heterocycles. The van der Waals surface area contributed by atoms with Crippen molar-refractivity contribution in [2.75, 3.05) is 19.5 Å². The number of benzene rings is 2. The number of fused-ring (bicyclic) bond motifs is 1. The molecular formula is C19H20N4O2. The molecule has 0 fully saturated rings.